The van der Waals surface area contributed by atoms with Crippen molar-refractivity contribution in [3.05, 3.63) is 83.4 Å². The van der Waals surface area contributed by atoms with Crippen LogP contribution in [0.5, 0.6) is 11.5 Å². The van der Waals surface area contributed by atoms with Crippen LogP contribution in [0.25, 0.3) is 0 Å². The first-order valence-electron chi connectivity index (χ1n) is 10.0. The number of nitrogens with one attached hydrogen (secondary N) is 3. The van der Waals surface area contributed by atoms with Crippen LogP contribution in [0.15, 0.2) is 77.9 Å². The van der Waals surface area contributed by atoms with E-state index in [1.165, 1.54) is 13.3 Å². The third-order valence-corrected chi connectivity index (χ3v) is 4.65. The Labute approximate surface area is 196 Å². The fourth-order valence-corrected chi connectivity index (χ4v) is 2.92. The van der Waals surface area contributed by atoms with Crippen LogP contribution in [0.3, 0.4) is 0 Å². The van der Waals surface area contributed by atoms with Crippen molar-refractivity contribution in [3.63, 3.8) is 0 Å². The number of anilines is 2. The van der Waals surface area contributed by atoms with E-state index >= 15 is 0 Å². The molecule has 0 aliphatic rings. The molecule has 3 aromatic rings. The van der Waals surface area contributed by atoms with E-state index in [1.807, 2.05) is 30.3 Å². The second-order valence-corrected chi connectivity index (χ2v) is 7.15. The molecule has 0 spiro atoms. The van der Waals surface area contributed by atoms with Crippen molar-refractivity contribution in [1.82, 2.24) is 5.43 Å². The molecule has 0 fully saturated rings. The number of halogens is 1. The van der Waals surface area contributed by atoms with Crippen LogP contribution < -0.4 is 25.5 Å². The molecule has 0 heterocycles. The Morgan fingerprint density at radius 3 is 2.48 bits per heavy atom. The molecule has 0 aromatic heterocycles. The van der Waals surface area contributed by atoms with Crippen molar-refractivity contribution in [3.8, 4) is 11.5 Å². The van der Waals surface area contributed by atoms with E-state index in [-0.39, 0.29) is 25.0 Å². The third-order valence-electron chi connectivity index (χ3n) is 4.32. The van der Waals surface area contributed by atoms with Crippen molar-refractivity contribution < 1.29 is 19.1 Å². The van der Waals surface area contributed by atoms with E-state index in [0.29, 0.717) is 27.8 Å². The Morgan fingerprint density at radius 2 is 1.73 bits per heavy atom. The smallest absolute Gasteiger partial charge is 0.262 e. The summed E-state index contributed by atoms with van der Waals surface area (Å²) in [6.45, 7) is -0.132. The normalized spacial score (nSPS) is 10.5. The van der Waals surface area contributed by atoms with Gasteiger partial charge in [-0.25, -0.2) is 5.43 Å². The van der Waals surface area contributed by atoms with Crippen molar-refractivity contribution in [2.45, 2.75) is 0 Å². The van der Waals surface area contributed by atoms with Crippen LogP contribution >= 0.6 is 11.6 Å². The summed E-state index contributed by atoms with van der Waals surface area (Å²) in [4.78, 5) is 24.1. The third kappa shape index (κ3) is 7.55. The first kappa shape index (κ1) is 23.6. The summed E-state index contributed by atoms with van der Waals surface area (Å²) < 4.78 is 10.9. The van der Waals surface area contributed by atoms with Crippen LogP contribution in [0, 0.1) is 0 Å². The maximum Gasteiger partial charge on any atom is 0.262 e. The number of amides is 2. The molecule has 0 unspecified atom stereocenters. The Bertz CT molecular complexity index is 1120. The predicted molar refractivity (Wildman–Crippen MR) is 129 cm³/mol. The van der Waals surface area contributed by atoms with E-state index in [1.54, 1.807) is 42.5 Å². The summed E-state index contributed by atoms with van der Waals surface area (Å²) in [5.74, 6) is 0.163. The molecule has 0 aliphatic heterocycles. The SMILES string of the molecule is COc1cc(/C=N/NC(=O)CNc2ccccc2)ccc1OCC(=O)Nc1ccccc1Cl. The lowest BCUT2D eigenvalue weighted by Gasteiger charge is -2.12. The van der Waals surface area contributed by atoms with E-state index in [4.69, 9.17) is 21.1 Å². The minimum absolute atomic E-state index is 0.0910. The van der Waals surface area contributed by atoms with E-state index in [0.717, 1.165) is 5.69 Å². The quantitative estimate of drug-likeness (QED) is 0.310. The molecule has 3 aromatic carbocycles. The van der Waals surface area contributed by atoms with Gasteiger partial charge in [-0.3, -0.25) is 9.59 Å². The van der Waals surface area contributed by atoms with Crippen molar-refractivity contribution in [1.29, 1.82) is 0 Å². The van der Waals surface area contributed by atoms with Gasteiger partial charge in [0.1, 0.15) is 0 Å². The van der Waals surface area contributed by atoms with E-state index < -0.39 is 0 Å². The summed E-state index contributed by atoms with van der Waals surface area (Å²) in [7, 11) is 1.49. The fraction of sp³-hybridized carbons (Fsp3) is 0.125. The number of hydrazone groups is 1. The second kappa shape index (κ2) is 12.1. The summed E-state index contributed by atoms with van der Waals surface area (Å²) in [6.07, 6.45) is 1.48. The van der Waals surface area contributed by atoms with Gasteiger partial charge >= 0.3 is 0 Å². The molecule has 2 amide bonds. The first-order valence-corrected chi connectivity index (χ1v) is 10.4. The predicted octanol–water partition coefficient (Wildman–Crippen LogP) is 3.93. The Balaban J connectivity index is 1.49. The Kier molecular flexibility index (Phi) is 8.67. The zero-order chi connectivity index (χ0) is 23.5. The van der Waals surface area contributed by atoms with Gasteiger partial charge in [-0.1, -0.05) is 41.9 Å². The number of methoxy groups -OCH3 is 1. The zero-order valence-corrected chi connectivity index (χ0v) is 18.6. The number of carbonyl (C=O) groups excluding carboxylic acids is 2. The fourth-order valence-electron chi connectivity index (χ4n) is 2.73. The van der Waals surface area contributed by atoms with Crippen LogP contribution in [-0.4, -0.2) is 38.3 Å². The molecule has 8 nitrogen and oxygen atoms in total. The van der Waals surface area contributed by atoms with Gasteiger partial charge in [-0.2, -0.15) is 5.10 Å². The number of carbonyl (C=O) groups is 2. The van der Waals surface area contributed by atoms with Crippen molar-refractivity contribution in [2.75, 3.05) is 30.9 Å². The average molecular weight is 467 g/mol. The van der Waals surface area contributed by atoms with Crippen LogP contribution in [0.1, 0.15) is 5.56 Å². The molecular formula is C24H23ClN4O4. The highest BCUT2D eigenvalue weighted by atomic mass is 35.5. The summed E-state index contributed by atoms with van der Waals surface area (Å²) in [5, 5.41) is 10.1. The summed E-state index contributed by atoms with van der Waals surface area (Å²) in [5.41, 5.74) is 4.48. The van der Waals surface area contributed by atoms with Crippen LogP contribution in [-0.2, 0) is 9.59 Å². The lowest BCUT2D eigenvalue weighted by molar-refractivity contribution is -0.119. The van der Waals surface area contributed by atoms with Crippen LogP contribution in [0.2, 0.25) is 5.02 Å². The average Bonchev–Trinajstić information content (AvgIpc) is 2.84. The van der Waals surface area contributed by atoms with E-state index in [9.17, 15) is 9.59 Å². The molecule has 3 N–H and O–H groups in total. The van der Waals surface area contributed by atoms with E-state index in [2.05, 4.69) is 21.2 Å². The number of hydrogen-bond acceptors (Lipinski definition) is 6. The monoisotopic (exact) mass is 466 g/mol. The molecular weight excluding hydrogens is 444 g/mol. The second-order valence-electron chi connectivity index (χ2n) is 6.74. The molecule has 0 bridgehead atoms. The molecule has 33 heavy (non-hydrogen) atoms. The molecule has 0 aliphatic carbocycles. The van der Waals surface area contributed by atoms with Gasteiger partial charge < -0.3 is 20.1 Å². The number of para-hydroxylation sites is 2. The number of benzene rings is 3. The van der Waals surface area contributed by atoms with Crippen molar-refractivity contribution in [2.24, 2.45) is 5.10 Å². The Morgan fingerprint density at radius 1 is 0.970 bits per heavy atom. The highest BCUT2D eigenvalue weighted by Gasteiger charge is 2.10. The molecule has 3 rings (SSSR count). The van der Waals surface area contributed by atoms with Crippen LogP contribution in [0.4, 0.5) is 11.4 Å². The Hall–Kier alpha value is -4.04. The minimum atomic E-state index is -0.359. The van der Waals surface area contributed by atoms with Gasteiger partial charge in [0.2, 0.25) is 0 Å². The van der Waals surface area contributed by atoms with Gasteiger partial charge in [-0.05, 0) is 48.0 Å². The van der Waals surface area contributed by atoms with Gasteiger partial charge in [0, 0.05) is 5.69 Å². The molecule has 170 valence electrons. The molecule has 0 saturated carbocycles. The maximum atomic E-state index is 12.2. The lowest BCUT2D eigenvalue weighted by atomic mass is 10.2. The topological polar surface area (TPSA) is 101 Å². The first-order chi connectivity index (χ1) is 16.0. The van der Waals surface area contributed by atoms with Gasteiger partial charge in [-0.15, -0.1) is 0 Å². The maximum absolute atomic E-state index is 12.2. The lowest BCUT2D eigenvalue weighted by Crippen LogP contribution is -2.25. The molecule has 9 heteroatoms. The van der Waals surface area contributed by atoms with Gasteiger partial charge in [0.05, 0.1) is 30.6 Å². The number of ether oxygens (including phenoxy) is 2. The number of rotatable bonds is 10. The largest absolute Gasteiger partial charge is 0.493 e. The summed E-state index contributed by atoms with van der Waals surface area (Å²) in [6, 6.07) is 21.4. The molecule has 0 radical (unpaired) electrons. The minimum Gasteiger partial charge on any atom is -0.493 e. The number of nitrogens with zero attached hydrogens (tertiary/aromatic N) is 1. The molecule has 0 atom stereocenters. The zero-order valence-electron chi connectivity index (χ0n) is 17.9. The molecule has 0 saturated heterocycles. The highest BCUT2D eigenvalue weighted by Crippen LogP contribution is 2.27. The number of hydrogen-bond donors (Lipinski definition) is 3. The van der Waals surface area contributed by atoms with Gasteiger partial charge in [0.15, 0.2) is 18.1 Å². The highest BCUT2D eigenvalue weighted by molar-refractivity contribution is 6.33. The summed E-state index contributed by atoms with van der Waals surface area (Å²) >= 11 is 6.04. The van der Waals surface area contributed by atoms with Crippen molar-refractivity contribution >= 4 is 41.0 Å². The van der Waals surface area contributed by atoms with Gasteiger partial charge in [0.25, 0.3) is 11.8 Å². The standard InChI is InChI=1S/C24H23ClN4O4/c1-32-22-13-17(14-27-29-23(30)15-26-18-7-3-2-4-8-18)11-12-21(22)33-16-24(31)28-20-10-6-5-9-19(20)25/h2-14,26H,15-16H2,1H3,(H,28,31)(H,29,30)/b27-14+.